The van der Waals surface area contributed by atoms with Crippen molar-refractivity contribution < 1.29 is 18.0 Å². The van der Waals surface area contributed by atoms with Crippen molar-refractivity contribution in [3.05, 3.63) is 23.8 Å². The number of nitrogens with zero attached hydrogens (tertiary/aromatic N) is 1. The SMILES string of the molecule is NC(=O)CNc1nc2cc(C(F)(F)F)ccc2s1. The maximum Gasteiger partial charge on any atom is 0.416 e. The zero-order valence-electron chi connectivity index (χ0n) is 8.91. The first-order chi connectivity index (χ1) is 8.36. The van der Waals surface area contributed by atoms with Gasteiger partial charge in [-0.25, -0.2) is 4.98 Å². The second-order valence-electron chi connectivity index (χ2n) is 3.52. The quantitative estimate of drug-likeness (QED) is 0.902. The van der Waals surface area contributed by atoms with Crippen LogP contribution in [-0.4, -0.2) is 17.4 Å². The Kier molecular flexibility index (Phi) is 3.12. The topological polar surface area (TPSA) is 68.0 Å². The molecule has 0 saturated carbocycles. The van der Waals surface area contributed by atoms with Crippen LogP contribution in [0.15, 0.2) is 18.2 Å². The van der Waals surface area contributed by atoms with Gasteiger partial charge in [0, 0.05) is 0 Å². The zero-order chi connectivity index (χ0) is 13.3. The molecule has 0 aliphatic heterocycles. The van der Waals surface area contributed by atoms with Gasteiger partial charge in [0.15, 0.2) is 5.13 Å². The van der Waals surface area contributed by atoms with E-state index in [1.54, 1.807) is 0 Å². The Bertz CT molecular complexity index is 594. The fraction of sp³-hybridized carbons (Fsp3) is 0.200. The van der Waals surface area contributed by atoms with Crippen LogP contribution in [0.4, 0.5) is 18.3 Å². The summed E-state index contributed by atoms with van der Waals surface area (Å²) in [7, 11) is 0. The molecule has 18 heavy (non-hydrogen) atoms. The molecule has 0 spiro atoms. The molecule has 1 aromatic heterocycles. The molecule has 0 radical (unpaired) electrons. The van der Waals surface area contributed by atoms with Gasteiger partial charge in [-0.1, -0.05) is 11.3 Å². The van der Waals surface area contributed by atoms with Gasteiger partial charge < -0.3 is 11.1 Å². The lowest BCUT2D eigenvalue weighted by atomic mass is 10.2. The van der Waals surface area contributed by atoms with Crippen LogP contribution in [0.25, 0.3) is 10.2 Å². The van der Waals surface area contributed by atoms with Crippen LogP contribution in [0.5, 0.6) is 0 Å². The molecule has 4 nitrogen and oxygen atoms in total. The van der Waals surface area contributed by atoms with Crippen LogP contribution in [-0.2, 0) is 11.0 Å². The maximum absolute atomic E-state index is 12.5. The maximum atomic E-state index is 12.5. The molecule has 2 rings (SSSR count). The summed E-state index contributed by atoms with van der Waals surface area (Å²) in [6, 6.07) is 3.32. The van der Waals surface area contributed by atoms with Crippen LogP contribution in [0.1, 0.15) is 5.56 Å². The summed E-state index contributed by atoms with van der Waals surface area (Å²) in [6.07, 6.45) is -4.39. The number of fused-ring (bicyclic) bond motifs is 1. The highest BCUT2D eigenvalue weighted by Gasteiger charge is 2.30. The van der Waals surface area contributed by atoms with Crippen molar-refractivity contribution in [2.24, 2.45) is 5.73 Å². The first kappa shape index (κ1) is 12.6. The lowest BCUT2D eigenvalue weighted by Gasteiger charge is -2.04. The van der Waals surface area contributed by atoms with Crippen LogP contribution < -0.4 is 11.1 Å². The lowest BCUT2D eigenvalue weighted by Crippen LogP contribution is -2.21. The van der Waals surface area contributed by atoms with E-state index in [0.29, 0.717) is 9.83 Å². The molecule has 3 N–H and O–H groups in total. The standard InChI is InChI=1S/C10H8F3N3OS/c11-10(12,13)5-1-2-7-6(3-5)16-9(18-7)15-4-8(14)17/h1-3H,4H2,(H2,14,17)(H,15,16). The van der Waals surface area contributed by atoms with E-state index in [2.05, 4.69) is 10.3 Å². The van der Waals surface area contributed by atoms with Gasteiger partial charge in [-0.15, -0.1) is 0 Å². The van der Waals surface area contributed by atoms with Gasteiger partial charge in [-0.2, -0.15) is 13.2 Å². The molecule has 8 heteroatoms. The Morgan fingerprint density at radius 1 is 1.44 bits per heavy atom. The van der Waals surface area contributed by atoms with E-state index in [-0.39, 0.29) is 12.1 Å². The van der Waals surface area contributed by atoms with Crippen LogP contribution >= 0.6 is 11.3 Å². The number of carbonyl (C=O) groups is 1. The Balaban J connectivity index is 2.31. The minimum atomic E-state index is -4.39. The summed E-state index contributed by atoms with van der Waals surface area (Å²) < 4.78 is 38.0. The number of halogens is 3. The minimum absolute atomic E-state index is 0.105. The van der Waals surface area contributed by atoms with Crippen molar-refractivity contribution in [2.45, 2.75) is 6.18 Å². The van der Waals surface area contributed by atoms with Crippen molar-refractivity contribution in [3.8, 4) is 0 Å². The number of primary amides is 1. The Morgan fingerprint density at radius 2 is 2.17 bits per heavy atom. The summed E-state index contributed by atoms with van der Waals surface area (Å²) >= 11 is 1.16. The fourth-order valence-corrected chi connectivity index (χ4v) is 2.18. The van der Waals surface area contributed by atoms with Crippen molar-refractivity contribution in [1.29, 1.82) is 0 Å². The van der Waals surface area contributed by atoms with Gasteiger partial charge in [0.25, 0.3) is 0 Å². The highest BCUT2D eigenvalue weighted by molar-refractivity contribution is 7.22. The van der Waals surface area contributed by atoms with E-state index in [4.69, 9.17) is 5.73 Å². The molecule has 0 unspecified atom stereocenters. The number of nitrogens with two attached hydrogens (primary N) is 1. The summed E-state index contributed by atoms with van der Waals surface area (Å²) in [5, 5.41) is 3.01. The normalized spacial score (nSPS) is 11.7. The van der Waals surface area contributed by atoms with Crippen molar-refractivity contribution in [3.63, 3.8) is 0 Å². The van der Waals surface area contributed by atoms with E-state index in [1.165, 1.54) is 6.07 Å². The summed E-state index contributed by atoms with van der Waals surface area (Å²) in [4.78, 5) is 14.5. The second kappa shape index (κ2) is 4.45. The second-order valence-corrected chi connectivity index (χ2v) is 4.55. The summed E-state index contributed by atoms with van der Waals surface area (Å²) in [5.41, 5.74) is 4.43. The molecular weight excluding hydrogens is 267 g/mol. The van der Waals surface area contributed by atoms with E-state index in [9.17, 15) is 18.0 Å². The third-order valence-corrected chi connectivity index (χ3v) is 3.12. The largest absolute Gasteiger partial charge is 0.416 e. The number of thiazole rings is 1. The summed E-state index contributed by atoms with van der Waals surface area (Å²) in [6.45, 7) is -0.105. The Morgan fingerprint density at radius 3 is 2.78 bits per heavy atom. The molecule has 0 saturated heterocycles. The number of hydrogen-bond donors (Lipinski definition) is 2. The molecule has 1 amide bonds. The molecule has 0 aliphatic rings. The predicted octanol–water partition coefficient (Wildman–Crippen LogP) is 2.21. The molecule has 96 valence electrons. The number of rotatable bonds is 3. The van der Waals surface area contributed by atoms with Crippen LogP contribution in [0.2, 0.25) is 0 Å². The highest BCUT2D eigenvalue weighted by Crippen LogP contribution is 2.33. The third-order valence-electron chi connectivity index (χ3n) is 2.13. The van der Waals surface area contributed by atoms with Crippen molar-refractivity contribution in [2.75, 3.05) is 11.9 Å². The van der Waals surface area contributed by atoms with E-state index < -0.39 is 17.6 Å². The average molecular weight is 275 g/mol. The first-order valence-corrected chi connectivity index (χ1v) is 5.68. The number of carbonyl (C=O) groups excluding carboxylic acids is 1. The van der Waals surface area contributed by atoms with Gasteiger partial charge in [0.05, 0.1) is 22.3 Å². The lowest BCUT2D eigenvalue weighted by molar-refractivity contribution is -0.137. The fourth-order valence-electron chi connectivity index (χ4n) is 1.34. The van der Waals surface area contributed by atoms with Gasteiger partial charge in [0.1, 0.15) is 0 Å². The highest BCUT2D eigenvalue weighted by atomic mass is 32.1. The Hall–Kier alpha value is -1.83. The number of nitrogens with one attached hydrogen (secondary N) is 1. The predicted molar refractivity (Wildman–Crippen MR) is 62.3 cm³/mol. The van der Waals surface area contributed by atoms with Crippen molar-refractivity contribution in [1.82, 2.24) is 4.98 Å². The van der Waals surface area contributed by atoms with Gasteiger partial charge in [0.2, 0.25) is 5.91 Å². The molecular formula is C10H8F3N3OS. The van der Waals surface area contributed by atoms with Gasteiger partial charge >= 0.3 is 6.18 Å². The monoisotopic (exact) mass is 275 g/mol. The van der Waals surface area contributed by atoms with E-state index >= 15 is 0 Å². The van der Waals surface area contributed by atoms with Crippen LogP contribution in [0, 0.1) is 0 Å². The average Bonchev–Trinajstić information content (AvgIpc) is 2.66. The van der Waals surface area contributed by atoms with E-state index in [0.717, 1.165) is 23.5 Å². The molecule has 1 heterocycles. The van der Waals surface area contributed by atoms with E-state index in [1.807, 2.05) is 0 Å². The molecule has 2 aromatic rings. The number of benzene rings is 1. The molecule has 0 atom stereocenters. The van der Waals surface area contributed by atoms with Crippen molar-refractivity contribution >= 4 is 32.6 Å². The first-order valence-electron chi connectivity index (χ1n) is 4.86. The Labute approximate surface area is 104 Å². The number of anilines is 1. The molecule has 0 fully saturated rings. The molecule has 1 aromatic carbocycles. The number of amides is 1. The molecule has 0 aliphatic carbocycles. The number of hydrogen-bond acceptors (Lipinski definition) is 4. The minimum Gasteiger partial charge on any atom is -0.368 e. The zero-order valence-corrected chi connectivity index (χ0v) is 9.73. The third kappa shape index (κ3) is 2.70. The van der Waals surface area contributed by atoms with Gasteiger partial charge in [-0.3, -0.25) is 4.79 Å². The molecule has 0 bridgehead atoms. The van der Waals surface area contributed by atoms with Crippen LogP contribution in [0.3, 0.4) is 0 Å². The smallest absolute Gasteiger partial charge is 0.368 e. The number of aromatic nitrogens is 1. The number of alkyl halides is 3. The summed E-state index contributed by atoms with van der Waals surface area (Å²) in [5.74, 6) is -0.565. The van der Waals surface area contributed by atoms with Gasteiger partial charge in [-0.05, 0) is 18.2 Å².